The molecule has 0 amide bonds. The first kappa shape index (κ1) is 16.2. The van der Waals surface area contributed by atoms with E-state index in [1.54, 1.807) is 0 Å². The van der Waals surface area contributed by atoms with Crippen LogP contribution in [0.2, 0.25) is 0 Å². The van der Waals surface area contributed by atoms with Gasteiger partial charge in [-0.1, -0.05) is 0 Å². The highest BCUT2D eigenvalue weighted by Gasteiger charge is 2.55. The average molecular weight is 350 g/mol. The van der Waals surface area contributed by atoms with Crippen LogP contribution in [0.5, 0.6) is 0 Å². The smallest absolute Gasteiger partial charge is 0.434 e. The lowest BCUT2D eigenvalue weighted by Crippen LogP contribution is -2.38. The molecule has 0 saturated carbocycles. The number of carbonyl (C=O) groups is 1. The van der Waals surface area contributed by atoms with E-state index in [2.05, 4.69) is 4.98 Å². The van der Waals surface area contributed by atoms with Crippen LogP contribution < -0.4 is 0 Å². The third-order valence-corrected chi connectivity index (χ3v) is 6.39. The van der Waals surface area contributed by atoms with E-state index in [0.717, 1.165) is 22.6 Å². The summed E-state index contributed by atoms with van der Waals surface area (Å²) >= 11 is 0. The number of rotatable bonds is 3. The average Bonchev–Trinajstić information content (AvgIpc) is 3.04. The largest absolute Gasteiger partial charge is 0.481 e. The van der Waals surface area contributed by atoms with Crippen molar-refractivity contribution in [3.05, 3.63) is 24.0 Å². The Balaban J connectivity index is 2.06. The van der Waals surface area contributed by atoms with Gasteiger partial charge in [-0.05, 0) is 31.4 Å². The lowest BCUT2D eigenvalue weighted by molar-refractivity contribution is -0.144. The van der Waals surface area contributed by atoms with Crippen molar-refractivity contribution in [1.82, 2.24) is 9.29 Å². The van der Waals surface area contributed by atoms with Gasteiger partial charge in [0, 0.05) is 18.3 Å². The molecule has 3 atom stereocenters. The summed E-state index contributed by atoms with van der Waals surface area (Å²) < 4.78 is 65.5. The second kappa shape index (κ2) is 5.17. The molecule has 2 bridgehead atoms. The van der Waals surface area contributed by atoms with Crippen LogP contribution in [0.15, 0.2) is 23.2 Å². The van der Waals surface area contributed by atoms with Gasteiger partial charge in [-0.2, -0.15) is 17.5 Å². The molecule has 126 valence electrons. The second-order valence-electron chi connectivity index (χ2n) is 5.66. The van der Waals surface area contributed by atoms with Crippen molar-refractivity contribution >= 4 is 16.0 Å². The zero-order valence-corrected chi connectivity index (χ0v) is 12.5. The Labute approximate surface area is 130 Å². The maximum Gasteiger partial charge on any atom is 0.434 e. The minimum atomic E-state index is -4.91. The molecule has 2 aliphatic heterocycles. The fraction of sp³-hybridized carbons (Fsp3) is 0.538. The Bertz CT molecular complexity index is 750. The topological polar surface area (TPSA) is 87.6 Å². The van der Waals surface area contributed by atoms with Gasteiger partial charge in [-0.25, -0.2) is 8.42 Å². The number of alkyl halides is 3. The quantitative estimate of drug-likeness (QED) is 0.897. The summed E-state index contributed by atoms with van der Waals surface area (Å²) in [6.45, 7) is 0. The highest BCUT2D eigenvalue weighted by atomic mass is 32.2. The number of carboxylic acid groups (broad SMARTS) is 1. The number of hydrogen-bond acceptors (Lipinski definition) is 4. The predicted octanol–water partition coefficient (Wildman–Crippen LogP) is 1.73. The first-order valence-corrected chi connectivity index (χ1v) is 8.36. The van der Waals surface area contributed by atoms with Crippen LogP contribution in [0.1, 0.15) is 25.0 Å². The van der Waals surface area contributed by atoms with Crippen LogP contribution in [-0.4, -0.2) is 40.9 Å². The summed E-state index contributed by atoms with van der Waals surface area (Å²) in [7, 11) is -4.47. The van der Waals surface area contributed by atoms with Crippen molar-refractivity contribution in [2.75, 3.05) is 0 Å². The van der Waals surface area contributed by atoms with E-state index in [0.29, 0.717) is 12.8 Å². The summed E-state index contributed by atoms with van der Waals surface area (Å²) in [5.41, 5.74) is -1.47. The molecule has 2 fully saturated rings. The Morgan fingerprint density at radius 3 is 2.61 bits per heavy atom. The Hall–Kier alpha value is -1.68. The molecular weight excluding hydrogens is 337 g/mol. The molecule has 0 radical (unpaired) electrons. The zero-order valence-electron chi connectivity index (χ0n) is 11.7. The third-order valence-electron chi connectivity index (χ3n) is 4.38. The molecule has 1 N–H and O–H groups in total. The number of nitrogens with zero attached hydrogens (tertiary/aromatic N) is 2. The van der Waals surface area contributed by atoms with Crippen LogP contribution in [0.25, 0.3) is 0 Å². The minimum Gasteiger partial charge on any atom is -0.481 e. The van der Waals surface area contributed by atoms with Crippen molar-refractivity contribution in [2.45, 2.75) is 42.4 Å². The van der Waals surface area contributed by atoms with Gasteiger partial charge in [0.1, 0.15) is 4.90 Å². The van der Waals surface area contributed by atoms with E-state index in [9.17, 15) is 26.4 Å². The molecule has 6 nitrogen and oxygen atoms in total. The lowest BCUT2D eigenvalue weighted by atomic mass is 9.89. The standard InChI is InChI=1S/C13H13F3N2O4S/c14-13(15,16)11-10(2-1-5-17-11)23(21,22)18-7-3-4-9(18)8(6-7)12(19)20/h1-2,5,7-9H,3-4,6H2,(H,19,20). The number of fused-ring (bicyclic) bond motifs is 2. The van der Waals surface area contributed by atoms with Crippen molar-refractivity contribution in [2.24, 2.45) is 5.92 Å². The van der Waals surface area contributed by atoms with Gasteiger partial charge in [-0.15, -0.1) is 0 Å². The molecule has 0 spiro atoms. The molecule has 2 aliphatic rings. The van der Waals surface area contributed by atoms with E-state index in [-0.39, 0.29) is 6.42 Å². The van der Waals surface area contributed by atoms with Crippen LogP contribution in [-0.2, 0) is 21.0 Å². The Morgan fingerprint density at radius 2 is 2.04 bits per heavy atom. The monoisotopic (exact) mass is 350 g/mol. The summed E-state index contributed by atoms with van der Waals surface area (Å²) in [6, 6.07) is 0.601. The number of aliphatic carboxylic acids is 1. The number of hydrogen-bond donors (Lipinski definition) is 1. The minimum absolute atomic E-state index is 0.126. The van der Waals surface area contributed by atoms with Gasteiger partial charge in [-0.3, -0.25) is 9.78 Å². The first-order chi connectivity index (χ1) is 10.6. The van der Waals surface area contributed by atoms with E-state index in [1.807, 2.05) is 0 Å². The van der Waals surface area contributed by atoms with Gasteiger partial charge in [0.25, 0.3) is 0 Å². The Morgan fingerprint density at radius 1 is 1.35 bits per heavy atom. The maximum atomic E-state index is 13.0. The molecule has 23 heavy (non-hydrogen) atoms. The molecule has 2 saturated heterocycles. The number of pyridine rings is 1. The lowest BCUT2D eigenvalue weighted by Gasteiger charge is -2.23. The molecule has 3 unspecified atom stereocenters. The van der Waals surface area contributed by atoms with E-state index in [1.165, 1.54) is 0 Å². The van der Waals surface area contributed by atoms with Crippen LogP contribution in [0.4, 0.5) is 13.2 Å². The van der Waals surface area contributed by atoms with Crippen molar-refractivity contribution in [1.29, 1.82) is 0 Å². The number of sulfonamides is 1. The van der Waals surface area contributed by atoms with Gasteiger partial charge in [0.05, 0.1) is 5.92 Å². The van der Waals surface area contributed by atoms with Crippen LogP contribution in [0, 0.1) is 5.92 Å². The second-order valence-corrected chi connectivity index (χ2v) is 7.47. The van der Waals surface area contributed by atoms with Gasteiger partial charge in [0.2, 0.25) is 10.0 Å². The molecule has 0 aromatic carbocycles. The SMILES string of the molecule is O=C(O)C1CC2CCC1N2S(=O)(=O)c1cccnc1C(F)(F)F. The maximum absolute atomic E-state index is 13.0. The van der Waals surface area contributed by atoms with Gasteiger partial charge < -0.3 is 5.11 Å². The summed E-state index contributed by atoms with van der Waals surface area (Å²) in [5.74, 6) is -2.01. The zero-order chi connectivity index (χ0) is 17.0. The summed E-state index contributed by atoms with van der Waals surface area (Å²) in [4.78, 5) is 13.5. The van der Waals surface area contributed by atoms with Crippen LogP contribution in [0.3, 0.4) is 0 Å². The van der Waals surface area contributed by atoms with E-state index < -0.39 is 50.8 Å². The molecule has 0 aliphatic carbocycles. The van der Waals surface area contributed by atoms with Gasteiger partial charge >= 0.3 is 12.1 Å². The predicted molar refractivity (Wildman–Crippen MR) is 70.8 cm³/mol. The highest BCUT2D eigenvalue weighted by molar-refractivity contribution is 7.89. The van der Waals surface area contributed by atoms with E-state index in [4.69, 9.17) is 5.11 Å². The molecular formula is C13H13F3N2O4S. The van der Waals surface area contributed by atoms with Crippen LogP contribution >= 0.6 is 0 Å². The third kappa shape index (κ3) is 2.49. The van der Waals surface area contributed by atoms with Crippen molar-refractivity contribution in [3.63, 3.8) is 0 Å². The number of halogens is 3. The van der Waals surface area contributed by atoms with Crippen molar-refractivity contribution in [3.8, 4) is 0 Å². The van der Waals surface area contributed by atoms with E-state index >= 15 is 0 Å². The number of aromatic nitrogens is 1. The number of carboxylic acids is 1. The molecule has 10 heteroatoms. The Kier molecular flexibility index (Phi) is 3.64. The summed E-state index contributed by atoms with van der Waals surface area (Å²) in [5, 5.41) is 9.16. The summed E-state index contributed by atoms with van der Waals surface area (Å²) in [6.07, 6.45) is -3.12. The normalized spacial score (nSPS) is 28.2. The van der Waals surface area contributed by atoms with Crippen molar-refractivity contribution < 1.29 is 31.5 Å². The molecule has 1 aromatic rings. The molecule has 3 heterocycles. The first-order valence-electron chi connectivity index (χ1n) is 6.92. The molecule has 1 aromatic heterocycles. The highest BCUT2D eigenvalue weighted by Crippen LogP contribution is 2.46. The fourth-order valence-electron chi connectivity index (χ4n) is 3.50. The fourth-order valence-corrected chi connectivity index (χ4v) is 5.59. The van der Waals surface area contributed by atoms with Gasteiger partial charge in [0.15, 0.2) is 5.69 Å². The molecule has 3 rings (SSSR count).